The number of hydrogen-bond donors (Lipinski definition) is 4. The second kappa shape index (κ2) is 43.0. The Bertz CT molecular complexity index is 7830. The summed E-state index contributed by atoms with van der Waals surface area (Å²) in [7, 11) is 0. The van der Waals surface area contributed by atoms with Crippen molar-refractivity contribution < 1.29 is 36.6 Å². The molecule has 758 valence electrons. The minimum atomic E-state index is -0.0195. The van der Waals surface area contributed by atoms with Crippen LogP contribution in [0.4, 0.5) is 58.4 Å². The van der Waals surface area contributed by atoms with Crippen molar-refractivity contribution >= 4 is 145 Å². The van der Waals surface area contributed by atoms with E-state index in [-0.39, 0.29) is 21.7 Å². The molecule has 26 rings (SSSR count). The van der Waals surface area contributed by atoms with Crippen LogP contribution in [0.15, 0.2) is 229 Å². The molecule has 7 fully saturated rings. The molecule has 0 spiro atoms. The van der Waals surface area contributed by atoms with E-state index in [9.17, 15) is 19.2 Å². The number of nitrogens with zero attached hydrogens (tertiary/aromatic N) is 19. The fourth-order valence-corrected chi connectivity index (χ4v) is 23.2. The topological polar surface area (TPSA) is 359 Å². The molecule has 7 saturated heterocycles. The lowest BCUT2D eigenvalue weighted by molar-refractivity contribution is 0.104. The zero-order chi connectivity index (χ0) is 100. The minimum Gasteiger partial charge on any atom is -0.486 e. The number of thiophene rings is 4. The van der Waals surface area contributed by atoms with Crippen LogP contribution in [-0.4, -0.2) is 218 Å². The molecule has 148 heavy (non-hydrogen) atoms. The van der Waals surface area contributed by atoms with Crippen molar-refractivity contribution in [1.82, 2.24) is 79.3 Å². The van der Waals surface area contributed by atoms with Gasteiger partial charge in [-0.05, 0) is 142 Å². The molecule has 18 aromatic rings. The number of fused-ring (bicyclic) bond motifs is 5. The SMILES string of the molecule is Cc1nn(-c2ccnc(Nc3ccc(-c4csc5c(=O)cc(N6CCNCC6)oc45)cc3)n2)cc1CN1CC(C)C1.Cc1nn(-c2ccnc(Nc3ccc(-c4csc5c(=O)cc(N6CCOCC6)oc45)cc3)n2)cc1CN1CC(C)C1.Cc1nn(-c2ccnc(Nc3ccc(-c4csc5c(=O)cc(N6CCOCC6)oc45)cc3)n2)cc1CN1CCC1.O=c1cc(N2CCCCC2)oc2c(-c3ccc4c(c3)OCCO4)csc12. The monoisotopic (exact) mass is 2060 g/mol. The number of ether oxygens (including phenoxy) is 4. The maximum absolute atomic E-state index is 12.8. The first kappa shape index (κ1) is 96.8. The van der Waals surface area contributed by atoms with Gasteiger partial charge in [-0.1, -0.05) is 56.3 Å². The van der Waals surface area contributed by atoms with Crippen molar-refractivity contribution in [2.45, 2.75) is 79.9 Å². The molecule has 35 nitrogen and oxygen atoms in total. The van der Waals surface area contributed by atoms with Crippen molar-refractivity contribution in [1.29, 1.82) is 0 Å². The minimum absolute atomic E-state index is 0.000918. The molecule has 0 amide bonds. The number of piperazine rings is 1. The number of aryl methyl sites for hydroxylation is 3. The van der Waals surface area contributed by atoms with Gasteiger partial charge in [0.1, 0.15) is 32.0 Å². The number of benzene rings is 4. The standard InChI is InChI=1S/C30H32N8O2S.C30H31N7O3S.C29H29N7O3S.C20H19NO4S/c1-19-14-36(15-19)16-22-17-38(35-20(22)2)26-7-8-32-30(34-26)33-23-5-3-21(4-6-23)24-18-41-29-25(39)13-27(40-28(24)29)37-11-9-31-10-12-37;1-19-14-35(15-19)16-22-17-37(34-20(22)2)26-7-8-31-30(33-26)32-23-5-3-21(4-6-23)24-18-41-29-25(38)13-27(40-28(24)29)36-9-11-39-12-10-36;1-19-21(16-34-9-2-10-34)17-36(33-19)25-7-8-30-29(32-25)31-22-5-3-20(4-6-22)23-18-40-28-24(37)15-26(39-27(23)28)35-11-13-38-14-12-35;22-15-11-18(21-6-2-1-3-7-21)25-19-14(12-26-20(15)19)13-4-5-16-17(10-13)24-9-8-23-16/h3-8,13,17-19,31H,9-12,14-16H2,1-2H3,(H,32,33,34);3-8,13,17-19H,9-12,14-16H2,1-2H3,(H,31,32,33);3-8,15,17-18H,2,9-14,16H2,1H3,(H,30,31,32);4-5,10-12H,1-3,6-9H2. The second-order valence-electron chi connectivity index (χ2n) is 38.5. The Labute approximate surface area is 867 Å². The van der Waals surface area contributed by atoms with Gasteiger partial charge in [-0.15, -0.1) is 45.3 Å². The zero-order valence-electron chi connectivity index (χ0n) is 82.7. The average Bonchev–Trinajstić information content (AvgIpc) is 1.59. The summed E-state index contributed by atoms with van der Waals surface area (Å²) < 4.78 is 55.3. The van der Waals surface area contributed by atoms with Crippen LogP contribution in [0.25, 0.3) is 103 Å². The summed E-state index contributed by atoms with van der Waals surface area (Å²) >= 11 is 5.68. The maximum atomic E-state index is 12.8. The Kier molecular flexibility index (Phi) is 28.1. The lowest BCUT2D eigenvalue weighted by atomic mass is 10.0. The second-order valence-corrected chi connectivity index (χ2v) is 42.0. The van der Waals surface area contributed by atoms with Gasteiger partial charge in [-0.3, -0.25) is 33.9 Å². The number of rotatable bonds is 23. The number of nitrogens with one attached hydrogen (secondary N) is 4. The van der Waals surface area contributed by atoms with E-state index in [1.807, 2.05) is 166 Å². The number of likely N-dealkylation sites (tertiary alicyclic amines) is 3. The van der Waals surface area contributed by atoms with E-state index in [1.165, 1.54) is 74.9 Å². The van der Waals surface area contributed by atoms with E-state index in [4.69, 9.17) is 56.8 Å². The lowest BCUT2D eigenvalue weighted by Gasteiger charge is -2.36. The number of aromatic nitrogens is 12. The van der Waals surface area contributed by atoms with E-state index in [0.717, 1.165) is 213 Å². The Hall–Kier alpha value is -14.7. The summed E-state index contributed by atoms with van der Waals surface area (Å²) in [5.74, 6) is 9.15. The predicted octanol–water partition coefficient (Wildman–Crippen LogP) is 18.1. The molecule has 14 aromatic heterocycles. The van der Waals surface area contributed by atoms with Gasteiger partial charge in [-0.2, -0.15) is 30.2 Å². The number of anilines is 10. The third-order valence-electron chi connectivity index (χ3n) is 27.7. The van der Waals surface area contributed by atoms with Crippen LogP contribution in [0.3, 0.4) is 0 Å². The highest BCUT2D eigenvalue weighted by Gasteiger charge is 2.30. The molecule has 4 aromatic carbocycles. The lowest BCUT2D eigenvalue weighted by Crippen LogP contribution is -2.44. The molecule has 0 aliphatic carbocycles. The van der Waals surface area contributed by atoms with E-state index < -0.39 is 0 Å². The van der Waals surface area contributed by atoms with E-state index in [2.05, 4.69) is 113 Å². The third-order valence-corrected chi connectivity index (χ3v) is 31.6. The van der Waals surface area contributed by atoms with E-state index >= 15 is 0 Å². The summed E-state index contributed by atoms with van der Waals surface area (Å²) in [6.45, 7) is 32.0. The van der Waals surface area contributed by atoms with E-state index in [0.29, 0.717) is 166 Å². The van der Waals surface area contributed by atoms with Gasteiger partial charge in [0.15, 0.2) is 74.8 Å². The summed E-state index contributed by atoms with van der Waals surface area (Å²) in [5.41, 5.74) is 19.4. The molecular weight excluding hydrogens is 1950 g/mol. The first-order valence-electron chi connectivity index (χ1n) is 50.3. The molecular formula is C109H111N23O12S4. The van der Waals surface area contributed by atoms with Crippen LogP contribution >= 0.6 is 45.3 Å². The van der Waals surface area contributed by atoms with Crippen molar-refractivity contribution in [3.05, 3.63) is 267 Å². The third kappa shape index (κ3) is 21.3. The van der Waals surface area contributed by atoms with Crippen LogP contribution < -0.4 is 72.1 Å². The van der Waals surface area contributed by atoms with Crippen LogP contribution in [0.5, 0.6) is 11.5 Å². The van der Waals surface area contributed by atoms with Crippen molar-refractivity contribution in [2.75, 3.05) is 180 Å². The van der Waals surface area contributed by atoms with Crippen LogP contribution in [0, 0.1) is 32.6 Å². The molecule has 39 heteroatoms. The Morgan fingerprint density at radius 3 is 1.03 bits per heavy atom. The Balaban J connectivity index is 0.000000110. The molecule has 22 heterocycles. The first-order chi connectivity index (χ1) is 72.4. The highest BCUT2D eigenvalue weighted by molar-refractivity contribution is 7.18. The Morgan fingerprint density at radius 2 is 0.682 bits per heavy atom. The van der Waals surface area contributed by atoms with Crippen LogP contribution in [0.1, 0.15) is 73.3 Å². The van der Waals surface area contributed by atoms with Gasteiger partial charge in [0, 0.05) is 268 Å². The summed E-state index contributed by atoms with van der Waals surface area (Å²) in [5, 5.41) is 35.3. The molecule has 0 unspecified atom stereocenters. The van der Waals surface area contributed by atoms with Crippen molar-refractivity contribution in [2.24, 2.45) is 11.8 Å². The van der Waals surface area contributed by atoms with Gasteiger partial charge >= 0.3 is 0 Å². The van der Waals surface area contributed by atoms with Crippen molar-refractivity contribution in [3.63, 3.8) is 0 Å². The molecule has 0 atom stereocenters. The fourth-order valence-electron chi connectivity index (χ4n) is 19.6. The average molecular weight is 2060 g/mol. The summed E-state index contributed by atoms with van der Waals surface area (Å²) in [6, 6.07) is 41.8. The first-order valence-corrected chi connectivity index (χ1v) is 53.8. The maximum Gasteiger partial charge on any atom is 0.229 e. The van der Waals surface area contributed by atoms with Gasteiger partial charge < -0.3 is 77.5 Å². The highest BCUT2D eigenvalue weighted by atomic mass is 32.1. The summed E-state index contributed by atoms with van der Waals surface area (Å²) in [4.78, 5) is 94.1. The molecule has 4 N–H and O–H groups in total. The van der Waals surface area contributed by atoms with E-state index in [1.54, 1.807) is 42.9 Å². The molecule has 0 bridgehead atoms. The van der Waals surface area contributed by atoms with Gasteiger partial charge in [0.25, 0.3) is 0 Å². The van der Waals surface area contributed by atoms with Crippen molar-refractivity contribution in [3.8, 4) is 73.5 Å². The molecule has 0 saturated carbocycles. The number of hydrogen-bond acceptors (Lipinski definition) is 36. The smallest absolute Gasteiger partial charge is 0.229 e. The van der Waals surface area contributed by atoms with Crippen LogP contribution in [-0.2, 0) is 29.1 Å². The highest BCUT2D eigenvalue weighted by Crippen LogP contribution is 2.44. The quantitative estimate of drug-likeness (QED) is 0.0462. The van der Waals surface area contributed by atoms with Gasteiger partial charge in [-0.25, -0.2) is 29.0 Å². The number of piperidine rings is 1. The normalized spacial score (nSPS) is 16.3. The summed E-state index contributed by atoms with van der Waals surface area (Å²) in [6.07, 6.45) is 16.2. The molecule has 0 radical (unpaired) electrons. The largest absolute Gasteiger partial charge is 0.486 e. The number of morpholine rings is 2. The van der Waals surface area contributed by atoms with Gasteiger partial charge in [0.05, 0.1) is 43.5 Å². The Morgan fingerprint density at radius 1 is 0.351 bits per heavy atom. The fraction of sp³-hybridized carbons (Fsp3) is 0.330. The van der Waals surface area contributed by atoms with Crippen LogP contribution in [0.2, 0.25) is 0 Å². The molecule has 8 aliphatic rings. The zero-order valence-corrected chi connectivity index (χ0v) is 85.9. The molecule has 8 aliphatic heterocycles. The van der Waals surface area contributed by atoms with Gasteiger partial charge in [0.2, 0.25) is 39.6 Å². The predicted molar refractivity (Wildman–Crippen MR) is 582 cm³/mol.